The van der Waals surface area contributed by atoms with Gasteiger partial charge in [-0.3, -0.25) is 9.59 Å². The van der Waals surface area contributed by atoms with E-state index in [1.165, 1.54) is 13.8 Å². The van der Waals surface area contributed by atoms with Gasteiger partial charge in [-0.15, -0.1) is 0 Å². The Balaban J connectivity index is -0.000000180. The van der Waals surface area contributed by atoms with Crippen LogP contribution in [0, 0.1) is 0 Å². The van der Waals surface area contributed by atoms with Gasteiger partial charge in [0, 0.05) is 33.0 Å². The molecule has 0 spiro atoms. The van der Waals surface area contributed by atoms with Gasteiger partial charge in [-0.25, -0.2) is 0 Å². The molecule has 0 saturated carbocycles. The molecule has 0 saturated heterocycles. The number of rotatable bonds is 2. The smallest absolute Gasteiger partial charge is 0.137 e. The molecule has 0 aromatic heterocycles. The Morgan fingerprint density at radius 1 is 1.00 bits per heavy atom. The number of hydrogen-bond donors (Lipinski definition) is 0. The van der Waals surface area contributed by atoms with Crippen LogP contribution >= 0.6 is 0 Å². The molecule has 0 N–H and O–H groups in total. The zero-order chi connectivity index (χ0) is 5.86. The Labute approximate surface area is 74.6 Å². The van der Waals surface area contributed by atoms with Crippen molar-refractivity contribution in [2.24, 2.45) is 0 Å². The van der Waals surface area contributed by atoms with Crippen LogP contribution in [0.4, 0.5) is 0 Å². The molecule has 0 unspecified atom stereocenters. The van der Waals surface area contributed by atoms with E-state index >= 15 is 0 Å². The summed E-state index contributed by atoms with van der Waals surface area (Å²) < 4.78 is 0. The molecule has 0 aliphatic heterocycles. The summed E-state index contributed by atoms with van der Waals surface area (Å²) in [6.45, 7) is 2.81. The molecule has 0 heterocycles. The maximum Gasteiger partial charge on any atom is 0.137 e. The van der Waals surface area contributed by atoms with E-state index in [4.69, 9.17) is 0 Å². The van der Waals surface area contributed by atoms with Gasteiger partial charge < -0.3 is 0 Å². The summed E-state index contributed by atoms with van der Waals surface area (Å²) in [5.41, 5.74) is 0. The predicted octanol–water partition coefficient (Wildman–Crippen LogP) is 0.549. The minimum atomic E-state index is -0.0625. The van der Waals surface area contributed by atoms with Gasteiger partial charge >= 0.3 is 0 Å². The monoisotopic (exact) mass is 216 g/mol. The van der Waals surface area contributed by atoms with Crippen LogP contribution in [0.1, 0.15) is 20.3 Å². The van der Waals surface area contributed by atoms with Crippen LogP contribution in [-0.2, 0) is 42.6 Å². The van der Waals surface area contributed by atoms with Crippen molar-refractivity contribution >= 4 is 11.6 Å². The molecule has 4 heteroatoms. The molecule has 0 atom stereocenters. The van der Waals surface area contributed by atoms with Crippen molar-refractivity contribution in [3.05, 3.63) is 0 Å². The van der Waals surface area contributed by atoms with E-state index in [1.54, 1.807) is 0 Å². The molecular weight excluding hydrogens is 209 g/mol. The Bertz CT molecular complexity index is 89.1. The molecule has 0 bridgehead atoms. The molecule has 0 rings (SSSR count). The fourth-order valence-electron chi connectivity index (χ4n) is 0.351. The zero-order valence-corrected chi connectivity index (χ0v) is 7.13. The van der Waals surface area contributed by atoms with E-state index in [9.17, 15) is 9.59 Å². The summed E-state index contributed by atoms with van der Waals surface area (Å²) in [5.74, 6) is -0.125. The van der Waals surface area contributed by atoms with Crippen LogP contribution in [0.2, 0.25) is 0 Å². The third kappa shape index (κ3) is 17.8. The summed E-state index contributed by atoms with van der Waals surface area (Å²) in [5, 5.41) is 0. The Kier molecular flexibility index (Phi) is 14.9. The number of hydrogen-bond acceptors (Lipinski definition) is 2. The summed E-state index contributed by atoms with van der Waals surface area (Å²) in [6.07, 6.45) is 0.0833. The van der Waals surface area contributed by atoms with Gasteiger partial charge in [0.05, 0.1) is 6.42 Å². The van der Waals surface area contributed by atoms with E-state index in [2.05, 4.69) is 0 Å². The van der Waals surface area contributed by atoms with Crippen molar-refractivity contribution in [2.45, 2.75) is 20.3 Å². The molecule has 2 nitrogen and oxygen atoms in total. The Hall–Kier alpha value is 0.327. The SMILES string of the molecule is CC(=O)CC(C)=O.[Ni].[Ni]. The van der Waals surface area contributed by atoms with Crippen molar-refractivity contribution in [3.63, 3.8) is 0 Å². The van der Waals surface area contributed by atoms with E-state index in [0.29, 0.717) is 0 Å². The summed E-state index contributed by atoms with van der Waals surface area (Å²) in [4.78, 5) is 20.1. The van der Waals surface area contributed by atoms with Crippen LogP contribution in [0.25, 0.3) is 0 Å². The molecule has 0 aromatic carbocycles. The second-order valence-electron chi connectivity index (χ2n) is 1.58. The summed E-state index contributed by atoms with van der Waals surface area (Å²) in [6, 6.07) is 0. The number of ketones is 2. The van der Waals surface area contributed by atoms with Gasteiger partial charge in [-0.2, -0.15) is 0 Å². The van der Waals surface area contributed by atoms with Gasteiger partial charge in [0.1, 0.15) is 11.6 Å². The normalized spacial score (nSPS) is 6.44. The van der Waals surface area contributed by atoms with E-state index in [1.807, 2.05) is 0 Å². The zero-order valence-electron chi connectivity index (χ0n) is 5.16. The van der Waals surface area contributed by atoms with Gasteiger partial charge in [-0.05, 0) is 13.8 Å². The first-order valence-electron chi connectivity index (χ1n) is 2.12. The summed E-state index contributed by atoms with van der Waals surface area (Å²) >= 11 is 0. The van der Waals surface area contributed by atoms with Crippen LogP contribution in [0.5, 0.6) is 0 Å². The first kappa shape index (κ1) is 16.2. The molecular formula is C5H8Ni2O2. The maximum absolute atomic E-state index is 10.0. The van der Waals surface area contributed by atoms with E-state index in [-0.39, 0.29) is 51.0 Å². The third-order valence-electron chi connectivity index (χ3n) is 0.498. The Morgan fingerprint density at radius 2 is 1.22 bits per heavy atom. The van der Waals surface area contributed by atoms with Crippen molar-refractivity contribution in [2.75, 3.05) is 0 Å². The number of carbonyl (C=O) groups excluding carboxylic acids is 2. The molecule has 0 aliphatic rings. The number of carbonyl (C=O) groups is 2. The second kappa shape index (κ2) is 8.33. The molecule has 9 heavy (non-hydrogen) atoms. The third-order valence-corrected chi connectivity index (χ3v) is 0.498. The molecule has 60 valence electrons. The van der Waals surface area contributed by atoms with Crippen molar-refractivity contribution < 1.29 is 42.6 Å². The first-order chi connectivity index (χ1) is 3.13. The topological polar surface area (TPSA) is 34.1 Å². The largest absolute Gasteiger partial charge is 0.300 e. The molecule has 0 fully saturated rings. The average molecular weight is 218 g/mol. The van der Waals surface area contributed by atoms with Crippen LogP contribution < -0.4 is 0 Å². The van der Waals surface area contributed by atoms with Gasteiger partial charge in [-0.1, -0.05) is 0 Å². The molecule has 0 radical (unpaired) electrons. The standard InChI is InChI=1S/C5H8O2.2Ni/c1-4(6)3-5(2)7;;/h3H2,1-2H3;;. The Morgan fingerprint density at radius 3 is 1.22 bits per heavy atom. The van der Waals surface area contributed by atoms with Gasteiger partial charge in [0.2, 0.25) is 0 Å². The maximum atomic E-state index is 10.0. The van der Waals surface area contributed by atoms with Gasteiger partial charge in [0.25, 0.3) is 0 Å². The quantitative estimate of drug-likeness (QED) is 0.500. The molecule has 0 aliphatic carbocycles. The predicted molar refractivity (Wildman–Crippen MR) is 26.0 cm³/mol. The number of Topliss-reactive ketones (excluding diaryl/α,β-unsaturated/α-hetero) is 2. The van der Waals surface area contributed by atoms with Crippen molar-refractivity contribution in [1.82, 2.24) is 0 Å². The fraction of sp³-hybridized carbons (Fsp3) is 0.600. The average Bonchev–Trinajstić information content (AvgIpc) is 1.27. The van der Waals surface area contributed by atoms with Crippen LogP contribution in [0.15, 0.2) is 0 Å². The minimum absolute atomic E-state index is 0. The van der Waals surface area contributed by atoms with Gasteiger partial charge in [0.15, 0.2) is 0 Å². The van der Waals surface area contributed by atoms with Crippen molar-refractivity contribution in [3.8, 4) is 0 Å². The molecule has 0 amide bonds. The first-order valence-corrected chi connectivity index (χ1v) is 2.12. The fourth-order valence-corrected chi connectivity index (χ4v) is 0.351. The summed E-state index contributed by atoms with van der Waals surface area (Å²) in [7, 11) is 0. The van der Waals surface area contributed by atoms with Crippen molar-refractivity contribution in [1.29, 1.82) is 0 Å². The molecule has 0 aromatic rings. The van der Waals surface area contributed by atoms with E-state index < -0.39 is 0 Å². The van der Waals surface area contributed by atoms with Crippen LogP contribution in [-0.4, -0.2) is 11.6 Å². The van der Waals surface area contributed by atoms with Crippen LogP contribution in [0.3, 0.4) is 0 Å². The second-order valence-corrected chi connectivity index (χ2v) is 1.58. The van der Waals surface area contributed by atoms with E-state index in [0.717, 1.165) is 0 Å². The minimum Gasteiger partial charge on any atom is -0.300 e.